The lowest BCUT2D eigenvalue weighted by Gasteiger charge is -2.36. The molecule has 0 aromatic heterocycles. The van der Waals surface area contributed by atoms with Gasteiger partial charge in [-0.2, -0.15) is 0 Å². The smallest absolute Gasteiger partial charge is 0.120 e. The van der Waals surface area contributed by atoms with Gasteiger partial charge in [0.2, 0.25) is 0 Å². The third-order valence-electron chi connectivity index (χ3n) is 4.16. The molecule has 0 bridgehead atoms. The summed E-state index contributed by atoms with van der Waals surface area (Å²) >= 11 is 0. The van der Waals surface area contributed by atoms with Crippen LogP contribution in [0.2, 0.25) is 0 Å². The highest BCUT2D eigenvalue weighted by atomic mass is 16.5. The third kappa shape index (κ3) is 3.49. The average molecular weight is 298 g/mol. The van der Waals surface area contributed by atoms with Crippen LogP contribution < -0.4 is 4.74 Å². The normalized spacial score (nSPS) is 24.9. The summed E-state index contributed by atoms with van der Waals surface area (Å²) in [5.74, 6) is 0.786. The molecule has 2 aromatic rings. The van der Waals surface area contributed by atoms with E-state index in [1.807, 2.05) is 61.5 Å². The van der Waals surface area contributed by atoms with E-state index in [1.54, 1.807) is 0 Å². The van der Waals surface area contributed by atoms with Gasteiger partial charge in [-0.1, -0.05) is 42.5 Å². The van der Waals surface area contributed by atoms with Crippen LogP contribution in [0.5, 0.6) is 5.75 Å². The van der Waals surface area contributed by atoms with Crippen molar-refractivity contribution < 1.29 is 14.6 Å². The minimum absolute atomic E-state index is 0.0765. The van der Waals surface area contributed by atoms with Gasteiger partial charge in [-0.25, -0.2) is 0 Å². The molecule has 1 saturated heterocycles. The van der Waals surface area contributed by atoms with Crippen LogP contribution in [0.4, 0.5) is 0 Å². The zero-order valence-electron chi connectivity index (χ0n) is 12.9. The van der Waals surface area contributed by atoms with E-state index in [-0.39, 0.29) is 6.10 Å². The summed E-state index contributed by atoms with van der Waals surface area (Å²) in [4.78, 5) is 0. The van der Waals surface area contributed by atoms with Crippen molar-refractivity contribution in [2.24, 2.45) is 0 Å². The maximum Gasteiger partial charge on any atom is 0.120 e. The molecule has 3 nitrogen and oxygen atoms in total. The molecule has 0 saturated carbocycles. The fraction of sp³-hybridized carbons (Fsp3) is 0.368. The molecule has 0 amide bonds. The highest BCUT2D eigenvalue weighted by Gasteiger charge is 2.35. The van der Waals surface area contributed by atoms with Gasteiger partial charge in [0.1, 0.15) is 12.4 Å². The van der Waals surface area contributed by atoms with E-state index in [0.29, 0.717) is 26.1 Å². The van der Waals surface area contributed by atoms with Crippen LogP contribution in [0, 0.1) is 0 Å². The van der Waals surface area contributed by atoms with Gasteiger partial charge in [0, 0.05) is 12.8 Å². The summed E-state index contributed by atoms with van der Waals surface area (Å²) in [6.07, 6.45) is 1.32. The zero-order valence-corrected chi connectivity index (χ0v) is 12.9. The number of ether oxygens (including phenoxy) is 2. The fourth-order valence-corrected chi connectivity index (χ4v) is 2.94. The predicted octanol–water partition coefficient (Wildman–Crippen LogP) is 3.65. The molecule has 1 N–H and O–H groups in total. The molecule has 116 valence electrons. The van der Waals surface area contributed by atoms with Gasteiger partial charge in [-0.05, 0) is 30.2 Å². The van der Waals surface area contributed by atoms with Crippen molar-refractivity contribution in [3.8, 4) is 5.75 Å². The Bertz CT molecular complexity index is 611. The molecule has 1 aliphatic heterocycles. The number of hydrogen-bond acceptors (Lipinski definition) is 3. The van der Waals surface area contributed by atoms with Crippen molar-refractivity contribution in [1.82, 2.24) is 0 Å². The summed E-state index contributed by atoms with van der Waals surface area (Å²) in [5.41, 5.74) is 1.23. The van der Waals surface area contributed by atoms with E-state index in [9.17, 15) is 5.11 Å². The molecule has 0 unspecified atom stereocenters. The topological polar surface area (TPSA) is 38.7 Å². The maximum absolute atomic E-state index is 10.9. The van der Waals surface area contributed by atoms with Crippen LogP contribution >= 0.6 is 0 Å². The SMILES string of the molecule is C[C@H]1C[C@](O)(c2cccc(OCc3ccccc3)c2)CCO1. The van der Waals surface area contributed by atoms with E-state index in [0.717, 1.165) is 16.9 Å². The first-order valence-electron chi connectivity index (χ1n) is 7.77. The standard InChI is InChI=1S/C19H22O3/c1-15-13-19(20,10-11-21-15)17-8-5-9-18(12-17)22-14-16-6-3-2-4-7-16/h2-9,12,15,20H,10-11,13-14H2,1H3/t15-,19-/m0/s1. The molecular formula is C19H22O3. The van der Waals surface area contributed by atoms with Crippen molar-refractivity contribution in [2.45, 2.75) is 38.1 Å². The van der Waals surface area contributed by atoms with E-state index in [1.165, 1.54) is 0 Å². The number of hydrogen-bond donors (Lipinski definition) is 1. The Kier molecular flexibility index (Phi) is 4.46. The van der Waals surface area contributed by atoms with Gasteiger partial charge < -0.3 is 14.6 Å². The van der Waals surface area contributed by atoms with Crippen LogP contribution in [-0.4, -0.2) is 17.8 Å². The molecule has 2 aromatic carbocycles. The van der Waals surface area contributed by atoms with Gasteiger partial charge in [-0.3, -0.25) is 0 Å². The minimum atomic E-state index is -0.816. The Morgan fingerprint density at radius 3 is 2.77 bits per heavy atom. The lowest BCUT2D eigenvalue weighted by molar-refractivity contribution is -0.101. The molecule has 2 atom stereocenters. The first kappa shape index (κ1) is 15.1. The Labute approximate surface area is 131 Å². The molecule has 0 aliphatic carbocycles. The molecule has 0 spiro atoms. The Balaban J connectivity index is 1.72. The van der Waals surface area contributed by atoms with Crippen molar-refractivity contribution in [3.63, 3.8) is 0 Å². The van der Waals surface area contributed by atoms with Gasteiger partial charge in [0.15, 0.2) is 0 Å². The Hall–Kier alpha value is -1.84. The second-order valence-electron chi connectivity index (χ2n) is 5.97. The number of aliphatic hydroxyl groups is 1. The van der Waals surface area contributed by atoms with Gasteiger partial charge in [0.05, 0.1) is 18.3 Å². The van der Waals surface area contributed by atoms with E-state index < -0.39 is 5.60 Å². The second kappa shape index (κ2) is 6.51. The summed E-state index contributed by atoms with van der Waals surface area (Å²) in [6, 6.07) is 17.9. The monoisotopic (exact) mass is 298 g/mol. The first-order chi connectivity index (χ1) is 10.7. The zero-order chi connectivity index (χ0) is 15.4. The molecule has 3 rings (SSSR count). The molecule has 1 aliphatic rings. The minimum Gasteiger partial charge on any atom is -0.489 e. The summed E-state index contributed by atoms with van der Waals surface area (Å²) < 4.78 is 11.4. The number of benzene rings is 2. The number of rotatable bonds is 4. The fourth-order valence-electron chi connectivity index (χ4n) is 2.94. The second-order valence-corrected chi connectivity index (χ2v) is 5.97. The third-order valence-corrected chi connectivity index (χ3v) is 4.16. The molecule has 22 heavy (non-hydrogen) atoms. The van der Waals surface area contributed by atoms with Crippen LogP contribution in [0.25, 0.3) is 0 Å². The van der Waals surface area contributed by atoms with Crippen molar-refractivity contribution >= 4 is 0 Å². The van der Waals surface area contributed by atoms with Crippen molar-refractivity contribution in [3.05, 3.63) is 65.7 Å². The molecule has 3 heteroatoms. The van der Waals surface area contributed by atoms with E-state index in [4.69, 9.17) is 9.47 Å². The largest absolute Gasteiger partial charge is 0.489 e. The predicted molar refractivity (Wildman–Crippen MR) is 85.8 cm³/mol. The van der Waals surface area contributed by atoms with Crippen molar-refractivity contribution in [2.75, 3.05) is 6.61 Å². The van der Waals surface area contributed by atoms with E-state index >= 15 is 0 Å². The summed E-state index contributed by atoms with van der Waals surface area (Å²) in [6.45, 7) is 3.12. The summed E-state index contributed by atoms with van der Waals surface area (Å²) in [7, 11) is 0. The van der Waals surface area contributed by atoms with Gasteiger partial charge in [-0.15, -0.1) is 0 Å². The molecular weight excluding hydrogens is 276 g/mol. The average Bonchev–Trinajstić information content (AvgIpc) is 2.54. The Morgan fingerprint density at radius 1 is 1.18 bits per heavy atom. The first-order valence-corrected chi connectivity index (χ1v) is 7.77. The highest BCUT2D eigenvalue weighted by molar-refractivity contribution is 5.33. The van der Waals surface area contributed by atoms with Crippen LogP contribution in [0.3, 0.4) is 0 Å². The molecule has 0 radical (unpaired) electrons. The quantitative estimate of drug-likeness (QED) is 0.936. The van der Waals surface area contributed by atoms with Crippen LogP contribution in [-0.2, 0) is 16.9 Å². The lowest BCUT2D eigenvalue weighted by Crippen LogP contribution is -2.37. The molecule has 1 fully saturated rings. The Morgan fingerprint density at radius 2 is 2.00 bits per heavy atom. The lowest BCUT2D eigenvalue weighted by atomic mass is 9.84. The summed E-state index contributed by atoms with van der Waals surface area (Å²) in [5, 5.41) is 10.9. The van der Waals surface area contributed by atoms with Gasteiger partial charge in [0.25, 0.3) is 0 Å². The van der Waals surface area contributed by atoms with Crippen LogP contribution in [0.1, 0.15) is 30.9 Å². The van der Waals surface area contributed by atoms with Gasteiger partial charge >= 0.3 is 0 Å². The van der Waals surface area contributed by atoms with E-state index in [2.05, 4.69) is 0 Å². The maximum atomic E-state index is 10.9. The van der Waals surface area contributed by atoms with Crippen LogP contribution in [0.15, 0.2) is 54.6 Å². The molecule has 1 heterocycles. The van der Waals surface area contributed by atoms with Crippen molar-refractivity contribution in [1.29, 1.82) is 0 Å². The highest BCUT2D eigenvalue weighted by Crippen LogP contribution is 2.35.